The fourth-order valence-electron chi connectivity index (χ4n) is 2.13. The van der Waals surface area contributed by atoms with Gasteiger partial charge in [0.05, 0.1) is 13.2 Å². The summed E-state index contributed by atoms with van der Waals surface area (Å²) in [5, 5.41) is 4.54. The van der Waals surface area contributed by atoms with Gasteiger partial charge in [-0.2, -0.15) is 0 Å². The molecule has 0 bridgehead atoms. The molecule has 0 saturated heterocycles. The molecular weight excluding hydrogens is 374 g/mol. The number of halogens is 2. The fraction of sp³-hybridized carbons (Fsp3) is 0.211. The van der Waals surface area contributed by atoms with E-state index in [9.17, 15) is 23.2 Å². The zero-order chi connectivity index (χ0) is 20.5. The van der Waals surface area contributed by atoms with Crippen LogP contribution in [0.25, 0.3) is 0 Å². The lowest BCUT2D eigenvalue weighted by Gasteiger charge is -2.10. The lowest BCUT2D eigenvalue weighted by molar-refractivity contribution is -0.126. The van der Waals surface area contributed by atoms with Gasteiger partial charge in [0.1, 0.15) is 11.3 Å². The number of nitrogens with one attached hydrogen (secondary N) is 2. The number of esters is 1. The third kappa shape index (κ3) is 6.04. The molecule has 148 valence electrons. The highest BCUT2D eigenvalue weighted by Gasteiger charge is 2.15. The summed E-state index contributed by atoms with van der Waals surface area (Å²) in [6.45, 7) is 1.08. The Kier molecular flexibility index (Phi) is 7.44. The molecule has 0 aliphatic rings. The summed E-state index contributed by atoms with van der Waals surface area (Å²) in [6, 6.07) is 9.27. The molecule has 7 nitrogen and oxygen atoms in total. The Labute approximate surface area is 159 Å². The average Bonchev–Trinajstić information content (AvgIpc) is 2.68. The van der Waals surface area contributed by atoms with Crippen LogP contribution in [0.3, 0.4) is 0 Å². The number of carbonyl (C=O) groups excluding carboxylic acids is 3. The van der Waals surface area contributed by atoms with Gasteiger partial charge in [-0.1, -0.05) is 12.1 Å². The zero-order valence-corrected chi connectivity index (χ0v) is 15.0. The third-order valence-corrected chi connectivity index (χ3v) is 3.39. The molecule has 28 heavy (non-hydrogen) atoms. The van der Waals surface area contributed by atoms with E-state index in [2.05, 4.69) is 10.6 Å². The van der Waals surface area contributed by atoms with Gasteiger partial charge in [-0.05, 0) is 31.2 Å². The van der Waals surface area contributed by atoms with Gasteiger partial charge in [0.2, 0.25) is 5.91 Å². The Morgan fingerprint density at radius 1 is 1.00 bits per heavy atom. The summed E-state index contributed by atoms with van der Waals surface area (Å²) < 4.78 is 36.1. The normalized spacial score (nSPS) is 10.1. The summed E-state index contributed by atoms with van der Waals surface area (Å²) in [5.74, 6) is -3.93. The van der Waals surface area contributed by atoms with E-state index in [-0.39, 0.29) is 11.3 Å². The molecule has 0 aliphatic carbocycles. The Hall–Kier alpha value is -3.49. The van der Waals surface area contributed by atoms with Gasteiger partial charge >= 0.3 is 5.97 Å². The first-order valence-electron chi connectivity index (χ1n) is 8.31. The van der Waals surface area contributed by atoms with E-state index in [4.69, 9.17) is 9.47 Å². The molecule has 0 aliphatic heterocycles. The van der Waals surface area contributed by atoms with Gasteiger partial charge in [-0.25, -0.2) is 13.6 Å². The van der Waals surface area contributed by atoms with Gasteiger partial charge in [0.15, 0.2) is 18.2 Å². The van der Waals surface area contributed by atoms with E-state index in [1.165, 1.54) is 12.1 Å². The molecule has 2 rings (SSSR count). The van der Waals surface area contributed by atoms with E-state index in [0.717, 1.165) is 12.1 Å². The number of hydrogen-bond donors (Lipinski definition) is 2. The number of ether oxygens (including phenoxy) is 2. The zero-order valence-electron chi connectivity index (χ0n) is 15.0. The van der Waals surface area contributed by atoms with Crippen LogP contribution in [0.2, 0.25) is 0 Å². The Morgan fingerprint density at radius 2 is 1.75 bits per heavy atom. The quantitative estimate of drug-likeness (QED) is 0.673. The van der Waals surface area contributed by atoms with Gasteiger partial charge < -0.3 is 20.1 Å². The van der Waals surface area contributed by atoms with Crippen LogP contribution in [0.15, 0.2) is 42.5 Å². The number of amides is 2. The van der Waals surface area contributed by atoms with Crippen LogP contribution in [0.5, 0.6) is 5.75 Å². The predicted molar refractivity (Wildman–Crippen MR) is 95.9 cm³/mol. The summed E-state index contributed by atoms with van der Waals surface area (Å²) in [6.07, 6.45) is 0. The fourth-order valence-corrected chi connectivity index (χ4v) is 2.13. The minimum absolute atomic E-state index is 0.0390. The van der Waals surface area contributed by atoms with E-state index < -0.39 is 42.6 Å². The molecular formula is C19H18F2N2O5. The van der Waals surface area contributed by atoms with Gasteiger partial charge in [0, 0.05) is 11.8 Å². The molecule has 9 heteroatoms. The van der Waals surface area contributed by atoms with E-state index in [1.807, 2.05) is 0 Å². The number of carbonyl (C=O) groups is 3. The maximum Gasteiger partial charge on any atom is 0.342 e. The largest absolute Gasteiger partial charge is 0.493 e. The van der Waals surface area contributed by atoms with Crippen molar-refractivity contribution >= 4 is 23.5 Å². The SMILES string of the molecule is CCOc1ccccc1C(=O)OCC(=O)NCC(=O)Nc1ccc(F)c(F)c1. The van der Waals surface area contributed by atoms with E-state index in [0.29, 0.717) is 12.4 Å². The van der Waals surface area contributed by atoms with Crippen molar-refractivity contribution in [3.8, 4) is 5.75 Å². The predicted octanol–water partition coefficient (Wildman–Crippen LogP) is 2.28. The molecule has 0 aromatic heterocycles. The molecule has 2 aromatic carbocycles. The van der Waals surface area contributed by atoms with Crippen LogP contribution in [0.4, 0.5) is 14.5 Å². The minimum Gasteiger partial charge on any atom is -0.493 e. The van der Waals surface area contributed by atoms with Crippen molar-refractivity contribution in [3.05, 3.63) is 59.7 Å². The monoisotopic (exact) mass is 392 g/mol. The average molecular weight is 392 g/mol. The van der Waals surface area contributed by atoms with Crippen molar-refractivity contribution in [2.45, 2.75) is 6.92 Å². The maximum absolute atomic E-state index is 13.1. The summed E-state index contributed by atoms with van der Waals surface area (Å²) >= 11 is 0. The first-order chi connectivity index (χ1) is 13.4. The van der Waals surface area contributed by atoms with E-state index in [1.54, 1.807) is 25.1 Å². The first-order valence-corrected chi connectivity index (χ1v) is 8.31. The second-order valence-electron chi connectivity index (χ2n) is 5.46. The molecule has 0 spiro atoms. The Bertz CT molecular complexity index is 873. The van der Waals surface area contributed by atoms with Crippen LogP contribution >= 0.6 is 0 Å². The number of hydrogen-bond acceptors (Lipinski definition) is 5. The summed E-state index contributed by atoms with van der Waals surface area (Å²) in [7, 11) is 0. The number of benzene rings is 2. The highest BCUT2D eigenvalue weighted by Crippen LogP contribution is 2.18. The third-order valence-electron chi connectivity index (χ3n) is 3.39. The van der Waals surface area contributed by atoms with Crippen molar-refractivity contribution in [1.82, 2.24) is 5.32 Å². The van der Waals surface area contributed by atoms with Crippen molar-refractivity contribution < 1.29 is 32.6 Å². The van der Waals surface area contributed by atoms with Gasteiger partial charge in [-0.3, -0.25) is 9.59 Å². The molecule has 0 fully saturated rings. The second kappa shape index (κ2) is 10.0. The number of rotatable bonds is 8. The van der Waals surface area contributed by atoms with E-state index >= 15 is 0 Å². The van der Waals surface area contributed by atoms with Crippen LogP contribution in [-0.2, 0) is 14.3 Å². The van der Waals surface area contributed by atoms with Crippen LogP contribution in [0, 0.1) is 11.6 Å². The number of anilines is 1. The van der Waals surface area contributed by atoms with Crippen molar-refractivity contribution in [1.29, 1.82) is 0 Å². The highest BCUT2D eigenvalue weighted by molar-refractivity contribution is 5.96. The van der Waals surface area contributed by atoms with Crippen molar-refractivity contribution in [2.75, 3.05) is 25.1 Å². The summed E-state index contributed by atoms with van der Waals surface area (Å²) in [4.78, 5) is 35.5. The Morgan fingerprint density at radius 3 is 2.46 bits per heavy atom. The lowest BCUT2D eigenvalue weighted by atomic mass is 10.2. The molecule has 2 N–H and O–H groups in total. The molecule has 0 atom stereocenters. The van der Waals surface area contributed by atoms with Crippen LogP contribution in [0.1, 0.15) is 17.3 Å². The summed E-state index contributed by atoms with van der Waals surface area (Å²) in [5.41, 5.74) is 0.213. The number of para-hydroxylation sites is 1. The smallest absolute Gasteiger partial charge is 0.342 e. The second-order valence-corrected chi connectivity index (χ2v) is 5.46. The molecule has 2 aromatic rings. The highest BCUT2D eigenvalue weighted by atomic mass is 19.2. The molecule has 2 amide bonds. The minimum atomic E-state index is -1.11. The molecule has 0 heterocycles. The maximum atomic E-state index is 13.1. The van der Waals surface area contributed by atoms with Gasteiger partial charge in [-0.15, -0.1) is 0 Å². The van der Waals surface area contributed by atoms with Crippen LogP contribution < -0.4 is 15.4 Å². The molecule has 0 radical (unpaired) electrons. The van der Waals surface area contributed by atoms with Crippen LogP contribution in [-0.4, -0.2) is 37.5 Å². The first kappa shape index (κ1) is 20.8. The Balaban J connectivity index is 1.78. The molecule has 0 unspecified atom stereocenters. The molecule has 0 saturated carbocycles. The van der Waals surface area contributed by atoms with Gasteiger partial charge in [0.25, 0.3) is 5.91 Å². The standard InChI is InChI=1S/C19H18F2N2O5/c1-2-27-16-6-4-3-5-13(16)19(26)28-11-18(25)22-10-17(24)23-12-7-8-14(20)15(21)9-12/h3-9H,2,10-11H2,1H3,(H,22,25)(H,23,24). The lowest BCUT2D eigenvalue weighted by Crippen LogP contribution is -2.35. The van der Waals surface area contributed by atoms with Crippen molar-refractivity contribution in [2.24, 2.45) is 0 Å². The topological polar surface area (TPSA) is 93.7 Å². The van der Waals surface area contributed by atoms with Crippen molar-refractivity contribution in [3.63, 3.8) is 0 Å².